The molecule has 39 heavy (non-hydrogen) atoms. The molecule has 0 unspecified atom stereocenters. The molecule has 5 heteroatoms. The lowest BCUT2D eigenvalue weighted by molar-refractivity contribution is 0.657. The van der Waals surface area contributed by atoms with Crippen LogP contribution in [-0.2, 0) is 11.8 Å². The van der Waals surface area contributed by atoms with Crippen LogP contribution >= 0.6 is 0 Å². The molecule has 0 bridgehead atoms. The lowest BCUT2D eigenvalue weighted by atomic mass is 9.80. The molecule has 6 aromatic rings. The Morgan fingerprint density at radius 1 is 0.846 bits per heavy atom. The Bertz CT molecular complexity index is 1930. The predicted octanol–water partition coefficient (Wildman–Crippen LogP) is 8.09. The van der Waals surface area contributed by atoms with Crippen LogP contribution in [0.1, 0.15) is 30.8 Å². The van der Waals surface area contributed by atoms with Gasteiger partial charge in [-0.05, 0) is 52.6 Å². The van der Waals surface area contributed by atoms with Gasteiger partial charge in [0.2, 0.25) is 0 Å². The molecule has 5 nitrogen and oxygen atoms in total. The molecular formula is C34H26N4O. The van der Waals surface area contributed by atoms with Gasteiger partial charge in [0.05, 0.1) is 0 Å². The minimum atomic E-state index is -0.237. The van der Waals surface area contributed by atoms with Gasteiger partial charge in [-0.1, -0.05) is 81.1 Å². The van der Waals surface area contributed by atoms with Gasteiger partial charge < -0.3 is 4.42 Å². The smallest absolute Gasteiger partial charge is 0.182 e. The topological polar surface area (TPSA) is 64.7 Å². The van der Waals surface area contributed by atoms with Crippen molar-refractivity contribution >= 4 is 21.9 Å². The number of fused-ring (bicyclic) bond motifs is 7. The van der Waals surface area contributed by atoms with Crippen molar-refractivity contribution in [3.8, 4) is 34.0 Å². The first-order valence-corrected chi connectivity index (χ1v) is 13.1. The molecular weight excluding hydrogens is 480 g/mol. The third-order valence-electron chi connectivity index (χ3n) is 7.56. The summed E-state index contributed by atoms with van der Waals surface area (Å²) in [6.45, 7) is 8.35. The number of pyridine rings is 1. The van der Waals surface area contributed by atoms with Crippen molar-refractivity contribution in [3.63, 3.8) is 0 Å². The highest BCUT2D eigenvalue weighted by Gasteiger charge is 2.38. The monoisotopic (exact) mass is 506 g/mol. The maximum atomic E-state index is 6.23. The number of hydrogen-bond donors (Lipinski definition) is 0. The minimum absolute atomic E-state index is 0.237. The van der Waals surface area contributed by atoms with E-state index in [9.17, 15) is 0 Å². The van der Waals surface area contributed by atoms with E-state index in [0.717, 1.165) is 27.8 Å². The zero-order valence-corrected chi connectivity index (χ0v) is 21.8. The van der Waals surface area contributed by atoms with Crippen molar-refractivity contribution in [2.75, 3.05) is 0 Å². The predicted molar refractivity (Wildman–Crippen MR) is 156 cm³/mol. The fourth-order valence-corrected chi connectivity index (χ4v) is 5.78. The van der Waals surface area contributed by atoms with Crippen molar-refractivity contribution in [2.24, 2.45) is 0 Å². The summed E-state index contributed by atoms with van der Waals surface area (Å²) in [6, 6.07) is 24.9. The Hall–Kier alpha value is -4.90. The molecule has 1 aliphatic carbocycles. The number of aromatic nitrogens is 4. The average molecular weight is 507 g/mol. The van der Waals surface area contributed by atoms with Gasteiger partial charge in [0.1, 0.15) is 22.7 Å². The van der Waals surface area contributed by atoms with E-state index in [-0.39, 0.29) is 5.41 Å². The fourth-order valence-electron chi connectivity index (χ4n) is 5.78. The number of allylic oxidation sites excluding steroid dienone is 3. The molecule has 0 N–H and O–H groups in total. The summed E-state index contributed by atoms with van der Waals surface area (Å²) in [5, 5.41) is 2.35. The molecule has 0 fully saturated rings. The van der Waals surface area contributed by atoms with Crippen LogP contribution in [0, 0.1) is 0 Å². The molecule has 0 radical (unpaired) electrons. The van der Waals surface area contributed by atoms with Gasteiger partial charge >= 0.3 is 0 Å². The van der Waals surface area contributed by atoms with Gasteiger partial charge in [0.25, 0.3) is 0 Å². The van der Waals surface area contributed by atoms with E-state index >= 15 is 0 Å². The number of furan rings is 1. The van der Waals surface area contributed by atoms with Crippen LogP contribution in [0.4, 0.5) is 0 Å². The van der Waals surface area contributed by atoms with Crippen LogP contribution in [0.25, 0.3) is 56.0 Å². The summed E-state index contributed by atoms with van der Waals surface area (Å²) in [7, 11) is 0. The van der Waals surface area contributed by atoms with Crippen LogP contribution in [0.15, 0.2) is 108 Å². The van der Waals surface area contributed by atoms with E-state index in [4.69, 9.17) is 19.4 Å². The SMILES string of the molecule is C=C/C=C\Cc1nc(-c2ccc3c(c2)C(C)(C)c2c-3ccc3oc4ccccc4c23)nc(-c2ccccn2)n1. The van der Waals surface area contributed by atoms with Crippen molar-refractivity contribution in [3.05, 3.63) is 121 Å². The Kier molecular flexibility index (Phi) is 5.27. The molecule has 0 saturated heterocycles. The molecule has 0 saturated carbocycles. The Morgan fingerprint density at radius 2 is 1.67 bits per heavy atom. The van der Waals surface area contributed by atoms with Gasteiger partial charge in [-0.15, -0.1) is 0 Å². The second-order valence-corrected chi connectivity index (χ2v) is 10.3. The zero-order valence-electron chi connectivity index (χ0n) is 21.8. The van der Waals surface area contributed by atoms with Crippen LogP contribution in [-0.4, -0.2) is 19.9 Å². The Morgan fingerprint density at radius 3 is 2.51 bits per heavy atom. The van der Waals surface area contributed by atoms with Gasteiger partial charge in [0, 0.05) is 34.4 Å². The summed E-state index contributed by atoms with van der Waals surface area (Å²) < 4.78 is 6.23. The van der Waals surface area contributed by atoms with Gasteiger partial charge in [0.15, 0.2) is 11.6 Å². The van der Waals surface area contributed by atoms with Gasteiger partial charge in [-0.25, -0.2) is 15.0 Å². The average Bonchev–Trinajstić information content (AvgIpc) is 3.45. The second kappa shape index (κ2) is 8.84. The molecule has 0 aliphatic heterocycles. The van der Waals surface area contributed by atoms with Crippen LogP contribution in [0.2, 0.25) is 0 Å². The molecule has 7 rings (SSSR count). The summed E-state index contributed by atoms with van der Waals surface area (Å²) in [4.78, 5) is 18.9. The first-order chi connectivity index (χ1) is 19.0. The lowest BCUT2D eigenvalue weighted by Gasteiger charge is -2.22. The van der Waals surface area contributed by atoms with Crippen molar-refractivity contribution in [1.82, 2.24) is 19.9 Å². The maximum absolute atomic E-state index is 6.23. The zero-order chi connectivity index (χ0) is 26.6. The van der Waals surface area contributed by atoms with Crippen LogP contribution in [0.3, 0.4) is 0 Å². The Balaban J connectivity index is 1.39. The van der Waals surface area contributed by atoms with E-state index in [1.807, 2.05) is 42.5 Å². The summed E-state index contributed by atoms with van der Waals surface area (Å²) in [5.74, 6) is 1.90. The molecule has 0 amide bonds. The van der Waals surface area contributed by atoms with Crippen molar-refractivity contribution in [2.45, 2.75) is 25.7 Å². The van der Waals surface area contributed by atoms with E-state index in [1.165, 1.54) is 27.6 Å². The minimum Gasteiger partial charge on any atom is -0.456 e. The van der Waals surface area contributed by atoms with Crippen LogP contribution in [0.5, 0.6) is 0 Å². The number of nitrogens with zero attached hydrogens (tertiary/aromatic N) is 4. The quantitative estimate of drug-likeness (QED) is 0.221. The summed E-state index contributed by atoms with van der Waals surface area (Å²) in [5.41, 5.74) is 8.32. The van der Waals surface area contributed by atoms with E-state index < -0.39 is 0 Å². The molecule has 0 atom stereocenters. The third kappa shape index (κ3) is 3.69. The van der Waals surface area contributed by atoms with E-state index in [1.54, 1.807) is 12.3 Å². The van der Waals surface area contributed by atoms with E-state index in [0.29, 0.717) is 23.9 Å². The van der Waals surface area contributed by atoms with Gasteiger partial charge in [-0.3, -0.25) is 4.98 Å². The highest BCUT2D eigenvalue weighted by Crippen LogP contribution is 2.53. The number of rotatable bonds is 5. The highest BCUT2D eigenvalue weighted by molar-refractivity contribution is 6.11. The first kappa shape index (κ1) is 23.2. The number of hydrogen-bond acceptors (Lipinski definition) is 5. The first-order valence-electron chi connectivity index (χ1n) is 13.1. The summed E-state index contributed by atoms with van der Waals surface area (Å²) in [6.07, 6.45) is 7.99. The van der Waals surface area contributed by atoms with Crippen molar-refractivity contribution < 1.29 is 4.42 Å². The molecule has 0 spiro atoms. The van der Waals surface area contributed by atoms with Crippen molar-refractivity contribution in [1.29, 1.82) is 0 Å². The highest BCUT2D eigenvalue weighted by atomic mass is 16.3. The Labute approximate surface area is 226 Å². The fraction of sp³-hybridized carbons (Fsp3) is 0.118. The molecule has 3 heterocycles. The molecule has 1 aliphatic rings. The third-order valence-corrected chi connectivity index (χ3v) is 7.56. The van der Waals surface area contributed by atoms with E-state index in [2.05, 4.69) is 67.9 Å². The largest absolute Gasteiger partial charge is 0.456 e. The number of para-hydroxylation sites is 1. The molecule has 188 valence electrons. The van der Waals surface area contributed by atoms with Gasteiger partial charge in [-0.2, -0.15) is 0 Å². The number of benzene rings is 3. The van der Waals surface area contributed by atoms with Crippen LogP contribution < -0.4 is 0 Å². The lowest BCUT2D eigenvalue weighted by Crippen LogP contribution is -2.15. The molecule has 3 aromatic carbocycles. The molecule has 3 aromatic heterocycles. The standard InChI is InChI=1S/C34H26N4O/c1-4-5-6-14-29-36-32(38-33(37-29)26-12-9-10-19-35-26)21-15-16-22-23-17-18-28-30(24-11-7-8-13-27(24)39-28)31(23)34(2,3)25(22)20-21/h4-13,15-20H,1,14H2,2-3H3/b6-5-. The normalized spacial score (nSPS) is 13.7. The maximum Gasteiger partial charge on any atom is 0.182 e. The second-order valence-electron chi connectivity index (χ2n) is 10.3. The summed E-state index contributed by atoms with van der Waals surface area (Å²) >= 11 is 0.